The average molecular weight is 297 g/mol. The molecule has 0 amide bonds. The van der Waals surface area contributed by atoms with Crippen molar-refractivity contribution in [3.05, 3.63) is 16.1 Å². The number of nitrogens with zero attached hydrogens (tertiary/aromatic N) is 1. The lowest BCUT2D eigenvalue weighted by atomic mass is 10.0. The highest BCUT2D eigenvalue weighted by atomic mass is 32.1. The van der Waals surface area contributed by atoms with Crippen LogP contribution in [-0.2, 0) is 0 Å². The third kappa shape index (κ3) is 8.01. The van der Waals surface area contributed by atoms with Crippen LogP contribution < -0.4 is 5.73 Å². The van der Waals surface area contributed by atoms with Gasteiger partial charge in [-0.3, -0.25) is 0 Å². The van der Waals surface area contributed by atoms with Crippen molar-refractivity contribution in [3.63, 3.8) is 0 Å². The molecule has 0 aliphatic heterocycles. The molecule has 0 aliphatic carbocycles. The number of aromatic nitrogens is 1. The molecule has 0 saturated heterocycles. The van der Waals surface area contributed by atoms with Gasteiger partial charge in [-0.1, -0.05) is 71.1 Å². The summed E-state index contributed by atoms with van der Waals surface area (Å²) in [5, 5.41) is 3.23. The Morgan fingerprint density at radius 3 is 2.05 bits per heavy atom. The Bertz CT molecular complexity index is 335. The van der Waals surface area contributed by atoms with Crippen LogP contribution in [0, 0.1) is 6.92 Å². The van der Waals surface area contributed by atoms with E-state index in [1.54, 1.807) is 11.3 Å². The van der Waals surface area contributed by atoms with Crippen molar-refractivity contribution in [3.8, 4) is 0 Å². The molecule has 0 bridgehead atoms. The van der Waals surface area contributed by atoms with Crippen LogP contribution >= 0.6 is 11.3 Å². The quantitative estimate of drug-likeness (QED) is 0.498. The first kappa shape index (κ1) is 17.6. The van der Waals surface area contributed by atoms with Crippen molar-refractivity contribution in [1.82, 2.24) is 4.98 Å². The third-order valence-corrected chi connectivity index (χ3v) is 4.68. The summed E-state index contributed by atoms with van der Waals surface area (Å²) >= 11 is 1.70. The minimum absolute atomic E-state index is 0.147. The van der Waals surface area contributed by atoms with Gasteiger partial charge in [-0.05, 0) is 13.3 Å². The molecule has 1 unspecified atom stereocenters. The second-order valence-electron chi connectivity index (χ2n) is 5.87. The number of hydrogen-bond acceptors (Lipinski definition) is 3. The summed E-state index contributed by atoms with van der Waals surface area (Å²) in [7, 11) is 0. The lowest BCUT2D eigenvalue weighted by molar-refractivity contribution is 0.526. The van der Waals surface area contributed by atoms with Gasteiger partial charge in [0.25, 0.3) is 0 Å². The van der Waals surface area contributed by atoms with E-state index in [2.05, 4.69) is 17.3 Å². The standard InChI is InChI=1S/C17H32N2S/c1-3-4-5-6-7-8-9-10-11-12-13-16(18)17-14-20-15(2)19-17/h14,16H,3-13,18H2,1-2H3. The van der Waals surface area contributed by atoms with Crippen LogP contribution in [0.4, 0.5) is 0 Å². The molecule has 0 saturated carbocycles. The molecule has 0 aliphatic rings. The van der Waals surface area contributed by atoms with E-state index in [1.165, 1.54) is 64.2 Å². The second-order valence-corrected chi connectivity index (χ2v) is 6.93. The number of hydrogen-bond donors (Lipinski definition) is 1. The Morgan fingerprint density at radius 2 is 1.55 bits per heavy atom. The largest absolute Gasteiger partial charge is 0.323 e. The Labute approximate surface area is 129 Å². The van der Waals surface area contributed by atoms with Gasteiger partial charge >= 0.3 is 0 Å². The number of aryl methyl sites for hydroxylation is 1. The number of thiazole rings is 1. The molecular weight excluding hydrogens is 264 g/mol. The van der Waals surface area contributed by atoms with Crippen LogP contribution in [0.3, 0.4) is 0 Å². The predicted molar refractivity (Wildman–Crippen MR) is 90.2 cm³/mol. The first-order valence-electron chi connectivity index (χ1n) is 8.41. The Hall–Kier alpha value is -0.410. The van der Waals surface area contributed by atoms with E-state index in [1.807, 2.05) is 6.92 Å². The van der Waals surface area contributed by atoms with Gasteiger partial charge in [0.2, 0.25) is 0 Å². The van der Waals surface area contributed by atoms with Gasteiger partial charge in [0.15, 0.2) is 0 Å². The van der Waals surface area contributed by atoms with Gasteiger partial charge in [-0.15, -0.1) is 11.3 Å². The maximum absolute atomic E-state index is 6.16. The minimum atomic E-state index is 0.147. The molecule has 3 heteroatoms. The van der Waals surface area contributed by atoms with Crippen molar-refractivity contribution in [2.24, 2.45) is 5.73 Å². The fourth-order valence-electron chi connectivity index (χ4n) is 2.55. The van der Waals surface area contributed by atoms with Gasteiger partial charge in [0.05, 0.1) is 10.7 Å². The summed E-state index contributed by atoms with van der Waals surface area (Å²) in [5.74, 6) is 0. The summed E-state index contributed by atoms with van der Waals surface area (Å²) in [4.78, 5) is 4.47. The molecule has 1 aromatic rings. The topological polar surface area (TPSA) is 38.9 Å². The van der Waals surface area contributed by atoms with Crippen LogP contribution in [0.2, 0.25) is 0 Å². The highest BCUT2D eigenvalue weighted by Gasteiger charge is 2.08. The number of unbranched alkanes of at least 4 members (excludes halogenated alkanes) is 9. The zero-order chi connectivity index (χ0) is 14.6. The van der Waals surface area contributed by atoms with Crippen LogP contribution in [0.1, 0.15) is 94.3 Å². The average Bonchev–Trinajstić information content (AvgIpc) is 2.87. The zero-order valence-electron chi connectivity index (χ0n) is 13.4. The molecule has 0 radical (unpaired) electrons. The molecule has 116 valence electrons. The summed E-state index contributed by atoms with van der Waals surface area (Å²) in [5.41, 5.74) is 7.25. The van der Waals surface area contributed by atoms with Crippen LogP contribution in [0.25, 0.3) is 0 Å². The van der Waals surface area contributed by atoms with Crippen molar-refractivity contribution in [1.29, 1.82) is 0 Å². The lowest BCUT2D eigenvalue weighted by Gasteiger charge is -2.08. The first-order valence-corrected chi connectivity index (χ1v) is 9.29. The van der Waals surface area contributed by atoms with Gasteiger partial charge in [-0.2, -0.15) is 0 Å². The summed E-state index contributed by atoms with van der Waals surface area (Å²) in [6.07, 6.45) is 14.9. The Balaban J connectivity index is 1.89. The molecule has 2 N–H and O–H groups in total. The predicted octanol–water partition coefficient (Wildman–Crippen LogP) is 5.76. The maximum atomic E-state index is 6.16. The molecule has 1 heterocycles. The van der Waals surface area contributed by atoms with Gasteiger partial charge < -0.3 is 5.73 Å². The fraction of sp³-hybridized carbons (Fsp3) is 0.824. The second kappa shape index (κ2) is 11.3. The minimum Gasteiger partial charge on any atom is -0.323 e. The normalized spacial score (nSPS) is 12.8. The number of rotatable bonds is 12. The molecule has 0 spiro atoms. The van der Waals surface area contributed by atoms with E-state index >= 15 is 0 Å². The van der Waals surface area contributed by atoms with Crippen LogP contribution in [-0.4, -0.2) is 4.98 Å². The number of nitrogens with two attached hydrogens (primary N) is 1. The Morgan fingerprint density at radius 1 is 1.00 bits per heavy atom. The van der Waals surface area contributed by atoms with Crippen molar-refractivity contribution < 1.29 is 0 Å². The van der Waals surface area contributed by atoms with Gasteiger partial charge in [0.1, 0.15) is 0 Å². The fourth-order valence-corrected chi connectivity index (χ4v) is 3.23. The van der Waals surface area contributed by atoms with Gasteiger partial charge in [0, 0.05) is 11.4 Å². The zero-order valence-corrected chi connectivity index (χ0v) is 14.2. The first-order chi connectivity index (χ1) is 9.74. The molecular formula is C17H32N2S. The van der Waals surface area contributed by atoms with E-state index in [9.17, 15) is 0 Å². The third-order valence-electron chi connectivity index (χ3n) is 3.89. The molecule has 1 rings (SSSR count). The summed E-state index contributed by atoms with van der Waals surface area (Å²) < 4.78 is 0. The van der Waals surface area contributed by atoms with Crippen molar-refractivity contribution in [2.45, 2.75) is 90.5 Å². The van der Waals surface area contributed by atoms with Gasteiger partial charge in [-0.25, -0.2) is 4.98 Å². The van der Waals surface area contributed by atoms with E-state index < -0.39 is 0 Å². The van der Waals surface area contributed by atoms with Crippen molar-refractivity contribution >= 4 is 11.3 Å². The smallest absolute Gasteiger partial charge is 0.0898 e. The van der Waals surface area contributed by atoms with E-state index in [4.69, 9.17) is 5.73 Å². The van der Waals surface area contributed by atoms with E-state index in [0.717, 1.165) is 17.1 Å². The highest BCUT2D eigenvalue weighted by Crippen LogP contribution is 2.20. The molecule has 20 heavy (non-hydrogen) atoms. The SMILES string of the molecule is CCCCCCCCCCCCC(N)c1csc(C)n1. The molecule has 2 nitrogen and oxygen atoms in total. The van der Waals surface area contributed by atoms with E-state index in [-0.39, 0.29) is 6.04 Å². The highest BCUT2D eigenvalue weighted by molar-refractivity contribution is 7.09. The van der Waals surface area contributed by atoms with Crippen LogP contribution in [0.5, 0.6) is 0 Å². The molecule has 0 fully saturated rings. The molecule has 0 aromatic carbocycles. The summed E-state index contributed by atoms with van der Waals surface area (Å²) in [6, 6.07) is 0.147. The maximum Gasteiger partial charge on any atom is 0.0898 e. The van der Waals surface area contributed by atoms with Crippen molar-refractivity contribution in [2.75, 3.05) is 0 Å². The monoisotopic (exact) mass is 296 g/mol. The lowest BCUT2D eigenvalue weighted by Crippen LogP contribution is -2.10. The van der Waals surface area contributed by atoms with Crippen LogP contribution in [0.15, 0.2) is 5.38 Å². The Kier molecular flexibility index (Phi) is 9.94. The molecule has 1 aromatic heterocycles. The van der Waals surface area contributed by atoms with E-state index in [0.29, 0.717) is 0 Å². The molecule has 1 atom stereocenters. The summed E-state index contributed by atoms with van der Waals surface area (Å²) in [6.45, 7) is 4.32.